The molecule has 0 N–H and O–H groups in total. The first kappa shape index (κ1) is 13.9. The predicted molar refractivity (Wildman–Crippen MR) is 52.8 cm³/mol. The van der Waals surface area contributed by atoms with E-state index in [0.717, 1.165) is 12.2 Å². The van der Waals surface area contributed by atoms with Crippen LogP contribution in [0.25, 0.3) is 0 Å². The van der Waals surface area contributed by atoms with Crippen molar-refractivity contribution in [2.75, 3.05) is 6.61 Å². The first-order chi connectivity index (χ1) is 7.47. The Morgan fingerprint density at radius 2 is 1.69 bits per heavy atom. The van der Waals surface area contributed by atoms with Crippen molar-refractivity contribution in [1.29, 1.82) is 0 Å². The molecule has 0 amide bonds. The highest BCUT2D eigenvalue weighted by atomic mass is 17.2. The molecule has 0 saturated carbocycles. The number of hydrogen-bond acceptors (Lipinski definition) is 6. The Kier molecular flexibility index (Phi) is 6.27. The van der Waals surface area contributed by atoms with Gasteiger partial charge in [-0.1, -0.05) is 6.58 Å². The van der Waals surface area contributed by atoms with Crippen molar-refractivity contribution in [3.63, 3.8) is 0 Å². The van der Waals surface area contributed by atoms with Crippen LogP contribution in [0.1, 0.15) is 13.8 Å². The minimum atomic E-state index is -0.998. The number of carbonyl (C=O) groups excluding carboxylic acids is 3. The summed E-state index contributed by atoms with van der Waals surface area (Å²) in [6.45, 7) is 6.49. The predicted octanol–water partition coefficient (Wildman–Crippen LogP) is 0.683. The lowest BCUT2D eigenvalue weighted by atomic mass is 10.4. The van der Waals surface area contributed by atoms with Crippen LogP contribution in [0.15, 0.2) is 24.3 Å². The van der Waals surface area contributed by atoms with E-state index in [4.69, 9.17) is 0 Å². The topological polar surface area (TPSA) is 78.9 Å². The van der Waals surface area contributed by atoms with Crippen molar-refractivity contribution >= 4 is 17.9 Å². The first-order valence-electron chi connectivity index (χ1n) is 4.40. The second-order valence-electron chi connectivity index (χ2n) is 2.64. The fraction of sp³-hybridized carbons (Fsp3) is 0.300. The maximum Gasteiger partial charge on any atom is 0.381 e. The Bertz CT molecular complexity index is 328. The molecule has 0 spiro atoms. The van der Waals surface area contributed by atoms with Crippen LogP contribution in [0.4, 0.5) is 0 Å². The standard InChI is InChI=1S/C10H12O6/c1-4-14-8(11)5-6-9(12)15-16-10(13)7(2)3/h5-6H,2,4H2,1,3H3/b6-5-. The van der Waals surface area contributed by atoms with Crippen LogP contribution < -0.4 is 0 Å². The summed E-state index contributed by atoms with van der Waals surface area (Å²) >= 11 is 0. The zero-order valence-corrected chi connectivity index (χ0v) is 9.02. The summed E-state index contributed by atoms with van der Waals surface area (Å²) in [5.41, 5.74) is 0.0853. The number of ether oxygens (including phenoxy) is 1. The molecule has 0 atom stereocenters. The molecule has 0 radical (unpaired) electrons. The second-order valence-corrected chi connectivity index (χ2v) is 2.64. The molecule has 0 aliphatic heterocycles. The van der Waals surface area contributed by atoms with Gasteiger partial charge in [0.1, 0.15) is 0 Å². The van der Waals surface area contributed by atoms with E-state index in [-0.39, 0.29) is 12.2 Å². The fourth-order valence-electron chi connectivity index (χ4n) is 0.504. The summed E-state index contributed by atoms with van der Waals surface area (Å²) in [7, 11) is 0. The van der Waals surface area contributed by atoms with E-state index in [1.165, 1.54) is 6.92 Å². The molecule has 0 aromatic heterocycles. The van der Waals surface area contributed by atoms with Gasteiger partial charge >= 0.3 is 17.9 Å². The summed E-state index contributed by atoms with van der Waals surface area (Å²) < 4.78 is 4.50. The van der Waals surface area contributed by atoms with Crippen LogP contribution in [0, 0.1) is 0 Å². The maximum absolute atomic E-state index is 10.9. The summed E-state index contributed by atoms with van der Waals surface area (Å²) in [5.74, 6) is -2.55. The van der Waals surface area contributed by atoms with E-state index in [9.17, 15) is 14.4 Å². The van der Waals surface area contributed by atoms with Crippen molar-refractivity contribution < 1.29 is 28.9 Å². The molecule has 0 fully saturated rings. The molecule has 0 aromatic rings. The van der Waals surface area contributed by atoms with Gasteiger partial charge in [-0.25, -0.2) is 24.2 Å². The second kappa shape index (κ2) is 7.22. The fourth-order valence-corrected chi connectivity index (χ4v) is 0.504. The van der Waals surface area contributed by atoms with E-state index in [1.807, 2.05) is 0 Å². The Morgan fingerprint density at radius 3 is 2.19 bits per heavy atom. The number of rotatable bonds is 4. The van der Waals surface area contributed by atoms with E-state index in [2.05, 4.69) is 21.1 Å². The molecule has 0 saturated heterocycles. The van der Waals surface area contributed by atoms with Gasteiger partial charge in [-0.2, -0.15) is 0 Å². The van der Waals surface area contributed by atoms with Crippen molar-refractivity contribution in [1.82, 2.24) is 0 Å². The molecule has 0 aromatic carbocycles. The molecule has 0 aliphatic carbocycles. The number of carbonyl (C=O) groups is 3. The molecule has 0 unspecified atom stereocenters. The van der Waals surface area contributed by atoms with Gasteiger partial charge in [0, 0.05) is 17.7 Å². The van der Waals surface area contributed by atoms with E-state index >= 15 is 0 Å². The molecule has 6 nitrogen and oxygen atoms in total. The van der Waals surface area contributed by atoms with Gasteiger partial charge in [-0.15, -0.1) is 0 Å². The zero-order chi connectivity index (χ0) is 12.6. The average Bonchev–Trinajstić information content (AvgIpc) is 2.23. The first-order valence-corrected chi connectivity index (χ1v) is 4.40. The molecule has 0 heterocycles. The monoisotopic (exact) mass is 228 g/mol. The van der Waals surface area contributed by atoms with Crippen LogP contribution in [0.3, 0.4) is 0 Å². The van der Waals surface area contributed by atoms with Gasteiger partial charge in [0.2, 0.25) is 0 Å². The smallest absolute Gasteiger partial charge is 0.381 e. The van der Waals surface area contributed by atoms with E-state index in [0.29, 0.717) is 0 Å². The summed E-state index contributed by atoms with van der Waals surface area (Å²) in [6, 6.07) is 0. The van der Waals surface area contributed by atoms with Gasteiger partial charge in [0.05, 0.1) is 6.61 Å². The third-order valence-electron chi connectivity index (χ3n) is 1.19. The lowest BCUT2D eigenvalue weighted by molar-refractivity contribution is -0.251. The molecule has 0 rings (SSSR count). The molecule has 0 bridgehead atoms. The molecular weight excluding hydrogens is 216 g/mol. The van der Waals surface area contributed by atoms with Crippen LogP contribution >= 0.6 is 0 Å². The summed E-state index contributed by atoms with van der Waals surface area (Å²) in [4.78, 5) is 40.5. The van der Waals surface area contributed by atoms with Gasteiger partial charge in [0.15, 0.2) is 0 Å². The van der Waals surface area contributed by atoms with Crippen LogP contribution in [-0.4, -0.2) is 24.5 Å². The number of esters is 1. The average molecular weight is 228 g/mol. The van der Waals surface area contributed by atoms with Gasteiger partial charge < -0.3 is 4.74 Å². The minimum absolute atomic E-state index is 0.0853. The Balaban J connectivity index is 3.96. The Labute approximate surface area is 92.4 Å². The van der Waals surface area contributed by atoms with Crippen molar-refractivity contribution in [2.45, 2.75) is 13.8 Å². The van der Waals surface area contributed by atoms with Crippen molar-refractivity contribution in [3.05, 3.63) is 24.3 Å². The highest BCUT2D eigenvalue weighted by Gasteiger charge is 2.08. The van der Waals surface area contributed by atoms with Crippen molar-refractivity contribution in [2.24, 2.45) is 0 Å². The maximum atomic E-state index is 10.9. The molecule has 6 heteroatoms. The SMILES string of the molecule is C=C(C)C(=O)OOC(=O)/C=C\C(=O)OCC. The zero-order valence-electron chi connectivity index (χ0n) is 9.02. The summed E-state index contributed by atoms with van der Waals surface area (Å²) in [6.07, 6.45) is 1.64. The lowest BCUT2D eigenvalue weighted by Crippen LogP contribution is -2.10. The van der Waals surface area contributed by atoms with Gasteiger partial charge in [-0.3, -0.25) is 0 Å². The quantitative estimate of drug-likeness (QED) is 0.305. The van der Waals surface area contributed by atoms with E-state index < -0.39 is 17.9 Å². The molecule has 88 valence electrons. The molecule has 16 heavy (non-hydrogen) atoms. The Hall–Kier alpha value is -2.11. The van der Waals surface area contributed by atoms with Gasteiger partial charge in [0.25, 0.3) is 0 Å². The van der Waals surface area contributed by atoms with Crippen LogP contribution in [0.2, 0.25) is 0 Å². The largest absolute Gasteiger partial charge is 0.463 e. The highest BCUT2D eigenvalue weighted by molar-refractivity contribution is 5.92. The van der Waals surface area contributed by atoms with Crippen LogP contribution in [-0.2, 0) is 28.9 Å². The molecule has 0 aliphatic rings. The van der Waals surface area contributed by atoms with Crippen LogP contribution in [0.5, 0.6) is 0 Å². The third-order valence-corrected chi connectivity index (χ3v) is 1.19. The normalized spacial score (nSPS) is 9.62. The minimum Gasteiger partial charge on any atom is -0.463 e. The van der Waals surface area contributed by atoms with Crippen molar-refractivity contribution in [3.8, 4) is 0 Å². The lowest BCUT2D eigenvalue weighted by Gasteiger charge is -1.99. The highest BCUT2D eigenvalue weighted by Crippen LogP contribution is 1.94. The summed E-state index contributed by atoms with van der Waals surface area (Å²) in [5, 5.41) is 0. The van der Waals surface area contributed by atoms with Gasteiger partial charge in [-0.05, 0) is 13.8 Å². The Morgan fingerprint density at radius 1 is 1.12 bits per heavy atom. The third kappa shape index (κ3) is 6.36. The van der Waals surface area contributed by atoms with E-state index in [1.54, 1.807) is 6.92 Å². The number of hydrogen-bond donors (Lipinski definition) is 0. The molecular formula is C10H12O6.